The zero-order chi connectivity index (χ0) is 32.0. The van der Waals surface area contributed by atoms with Crippen molar-refractivity contribution in [3.05, 3.63) is 129 Å². The minimum absolute atomic E-state index is 0.450. The Morgan fingerprint density at radius 3 is 1.20 bits per heavy atom. The van der Waals surface area contributed by atoms with E-state index in [2.05, 4.69) is 113 Å². The molecule has 2 nitrogen and oxygen atoms in total. The van der Waals surface area contributed by atoms with Crippen molar-refractivity contribution in [3.63, 3.8) is 0 Å². The normalized spacial score (nSPS) is 12.7. The lowest BCUT2D eigenvalue weighted by molar-refractivity contribution is 0.613. The molecule has 0 heterocycles. The first-order chi connectivity index (χ1) is 21.9. The highest BCUT2D eigenvalue weighted by Crippen LogP contribution is 2.34. The van der Waals surface area contributed by atoms with Crippen molar-refractivity contribution < 1.29 is 0 Å². The fraction of sp³-hybridized carbons (Fsp3) is 0.442. The lowest BCUT2D eigenvalue weighted by atomic mass is 9.84. The predicted octanol–water partition coefficient (Wildman–Crippen LogP) is 11.8. The fourth-order valence-corrected chi connectivity index (χ4v) is 7.02. The van der Waals surface area contributed by atoms with Crippen LogP contribution in [0.3, 0.4) is 0 Å². The molecule has 0 aliphatic carbocycles. The summed E-state index contributed by atoms with van der Waals surface area (Å²) in [6.45, 7) is 8.95. The Balaban J connectivity index is 1.20. The third-order valence-electron chi connectivity index (χ3n) is 9.73. The summed E-state index contributed by atoms with van der Waals surface area (Å²) in [5.41, 5.74) is 25.1. The maximum absolute atomic E-state index is 6.04. The second-order valence-corrected chi connectivity index (χ2v) is 13.4. The number of rotatable bonds is 18. The van der Waals surface area contributed by atoms with Crippen LogP contribution in [0.25, 0.3) is 0 Å². The second-order valence-electron chi connectivity index (χ2n) is 13.4. The number of nitrogen functional groups attached to an aromatic ring is 2. The molecule has 0 saturated heterocycles. The Bertz CT molecular complexity index is 1320. The summed E-state index contributed by atoms with van der Waals surface area (Å²) in [5, 5.41) is 0. The first-order valence-corrected chi connectivity index (χ1v) is 17.8. The van der Waals surface area contributed by atoms with Gasteiger partial charge < -0.3 is 11.5 Å². The molecule has 2 atom stereocenters. The van der Waals surface area contributed by atoms with Gasteiger partial charge in [0, 0.05) is 23.2 Å². The van der Waals surface area contributed by atoms with Crippen LogP contribution < -0.4 is 11.5 Å². The Morgan fingerprint density at radius 1 is 0.467 bits per heavy atom. The molecule has 45 heavy (non-hydrogen) atoms. The van der Waals surface area contributed by atoms with Gasteiger partial charge in [0.15, 0.2) is 0 Å². The van der Waals surface area contributed by atoms with Crippen LogP contribution in [-0.2, 0) is 12.8 Å². The van der Waals surface area contributed by atoms with Crippen LogP contribution in [0.4, 0.5) is 11.4 Å². The molecule has 0 radical (unpaired) electrons. The Labute approximate surface area is 274 Å². The predicted molar refractivity (Wildman–Crippen MR) is 197 cm³/mol. The van der Waals surface area contributed by atoms with E-state index in [-0.39, 0.29) is 0 Å². The SMILES string of the molecule is CCCCC(c1ccc(CCCCCCCc2ccc(C(CCCC)c3ccc(N)cc3C)cc2)cc1)c1ccc(N)cc1C. The van der Waals surface area contributed by atoms with Gasteiger partial charge in [0.1, 0.15) is 0 Å². The number of nitrogens with two attached hydrogens (primary N) is 2. The number of hydrogen-bond acceptors (Lipinski definition) is 2. The number of benzene rings is 4. The van der Waals surface area contributed by atoms with Gasteiger partial charge in [-0.3, -0.25) is 0 Å². The zero-order valence-electron chi connectivity index (χ0n) is 28.6. The van der Waals surface area contributed by atoms with E-state index in [1.54, 1.807) is 0 Å². The Hall–Kier alpha value is -3.52. The van der Waals surface area contributed by atoms with Crippen LogP contribution in [0, 0.1) is 13.8 Å². The van der Waals surface area contributed by atoms with E-state index in [4.69, 9.17) is 11.5 Å². The fourth-order valence-electron chi connectivity index (χ4n) is 7.02. The standard InChI is InChI=1S/C43H58N2/c1-5-7-16-42(40-28-26-38(44)30-32(40)3)36-22-18-34(19-23-36)14-12-10-9-11-13-15-35-20-24-37(25-21-35)43(17-8-6-2)41-29-27-39(45)31-33(41)4/h18-31,42-43H,5-17,44-45H2,1-4H3. The van der Waals surface area contributed by atoms with Crippen LogP contribution in [0.5, 0.6) is 0 Å². The van der Waals surface area contributed by atoms with Crippen molar-refractivity contribution in [3.8, 4) is 0 Å². The molecule has 0 aliphatic heterocycles. The first-order valence-electron chi connectivity index (χ1n) is 17.8. The summed E-state index contributed by atoms with van der Waals surface area (Å²) >= 11 is 0. The minimum Gasteiger partial charge on any atom is -0.399 e. The summed E-state index contributed by atoms with van der Waals surface area (Å²) in [6, 6.07) is 31.8. The minimum atomic E-state index is 0.450. The topological polar surface area (TPSA) is 52.0 Å². The lowest BCUT2D eigenvalue weighted by Gasteiger charge is -2.21. The van der Waals surface area contributed by atoms with E-state index in [0.717, 1.165) is 11.4 Å². The monoisotopic (exact) mass is 602 g/mol. The Morgan fingerprint density at radius 2 is 0.844 bits per heavy atom. The third-order valence-corrected chi connectivity index (χ3v) is 9.73. The summed E-state index contributed by atoms with van der Waals surface area (Å²) in [7, 11) is 0. The third kappa shape index (κ3) is 10.2. The average Bonchev–Trinajstić information content (AvgIpc) is 3.03. The maximum atomic E-state index is 6.04. The highest BCUT2D eigenvalue weighted by atomic mass is 14.5. The largest absolute Gasteiger partial charge is 0.399 e. The van der Waals surface area contributed by atoms with Crippen LogP contribution in [-0.4, -0.2) is 0 Å². The van der Waals surface area contributed by atoms with Crippen molar-refractivity contribution in [2.75, 3.05) is 11.5 Å². The van der Waals surface area contributed by atoms with Crippen molar-refractivity contribution in [1.29, 1.82) is 0 Å². The molecule has 0 spiro atoms. The lowest BCUT2D eigenvalue weighted by Crippen LogP contribution is -2.04. The van der Waals surface area contributed by atoms with Crippen molar-refractivity contribution in [1.82, 2.24) is 0 Å². The van der Waals surface area contributed by atoms with Gasteiger partial charge in [-0.15, -0.1) is 0 Å². The molecular formula is C43H58N2. The van der Waals surface area contributed by atoms with Gasteiger partial charge in [-0.25, -0.2) is 0 Å². The molecule has 0 aliphatic rings. The van der Waals surface area contributed by atoms with Crippen LogP contribution in [0.15, 0.2) is 84.9 Å². The van der Waals surface area contributed by atoms with Gasteiger partial charge in [0.25, 0.3) is 0 Å². The molecule has 4 aromatic carbocycles. The highest BCUT2D eigenvalue weighted by Gasteiger charge is 2.17. The van der Waals surface area contributed by atoms with E-state index < -0.39 is 0 Å². The van der Waals surface area contributed by atoms with Crippen molar-refractivity contribution >= 4 is 11.4 Å². The van der Waals surface area contributed by atoms with E-state index in [0.29, 0.717) is 11.8 Å². The molecule has 2 heteroatoms. The zero-order valence-corrected chi connectivity index (χ0v) is 28.6. The summed E-state index contributed by atoms with van der Waals surface area (Å²) in [6.07, 6.45) is 16.1. The van der Waals surface area contributed by atoms with Crippen LogP contribution in [0.2, 0.25) is 0 Å². The summed E-state index contributed by atoms with van der Waals surface area (Å²) in [4.78, 5) is 0. The van der Waals surface area contributed by atoms with Gasteiger partial charge in [0.05, 0.1) is 0 Å². The smallest absolute Gasteiger partial charge is 0.0316 e. The van der Waals surface area contributed by atoms with Crippen LogP contribution in [0.1, 0.15) is 141 Å². The van der Waals surface area contributed by atoms with Gasteiger partial charge >= 0.3 is 0 Å². The number of anilines is 2. The number of unbranched alkanes of at least 4 members (excludes halogenated alkanes) is 6. The molecule has 2 unspecified atom stereocenters. The van der Waals surface area contributed by atoms with Crippen molar-refractivity contribution in [2.24, 2.45) is 0 Å². The molecule has 240 valence electrons. The van der Waals surface area contributed by atoms with E-state index in [1.807, 2.05) is 0 Å². The molecule has 0 aromatic heterocycles. The second kappa shape index (κ2) is 17.8. The van der Waals surface area contributed by atoms with Gasteiger partial charge in [-0.1, -0.05) is 119 Å². The molecule has 0 amide bonds. The summed E-state index contributed by atoms with van der Waals surface area (Å²) < 4.78 is 0. The van der Waals surface area contributed by atoms with E-state index in [1.165, 1.54) is 128 Å². The van der Waals surface area contributed by atoms with Crippen molar-refractivity contribution in [2.45, 2.75) is 123 Å². The molecular weight excluding hydrogens is 544 g/mol. The number of aryl methyl sites for hydroxylation is 4. The number of hydrogen-bond donors (Lipinski definition) is 2. The first kappa shape index (κ1) is 34.4. The maximum Gasteiger partial charge on any atom is 0.0316 e. The molecule has 0 fully saturated rings. The average molecular weight is 603 g/mol. The Kier molecular flexibility index (Phi) is 13.6. The van der Waals surface area contributed by atoms with Gasteiger partial charge in [-0.2, -0.15) is 0 Å². The van der Waals surface area contributed by atoms with E-state index >= 15 is 0 Å². The van der Waals surface area contributed by atoms with Crippen LogP contribution >= 0.6 is 0 Å². The quantitative estimate of drug-likeness (QED) is 0.0879. The molecule has 0 saturated carbocycles. The van der Waals surface area contributed by atoms with E-state index in [9.17, 15) is 0 Å². The molecule has 4 aromatic rings. The highest BCUT2D eigenvalue weighted by molar-refractivity contribution is 5.49. The van der Waals surface area contributed by atoms with Gasteiger partial charge in [-0.05, 0) is 121 Å². The van der Waals surface area contributed by atoms with Gasteiger partial charge in [0.2, 0.25) is 0 Å². The molecule has 4 N–H and O–H groups in total. The molecule has 4 rings (SSSR count). The molecule has 0 bridgehead atoms. The summed E-state index contributed by atoms with van der Waals surface area (Å²) in [5.74, 6) is 0.900.